The van der Waals surface area contributed by atoms with Crippen LogP contribution >= 0.6 is 0 Å². The van der Waals surface area contributed by atoms with Crippen LogP contribution in [0.1, 0.15) is 17.2 Å². The second-order valence-corrected chi connectivity index (χ2v) is 2.48. The highest BCUT2D eigenvalue weighted by molar-refractivity contribution is 5.12. The minimum atomic E-state index is 0.617. The molecule has 0 atom stereocenters. The number of imidazole rings is 1. The van der Waals surface area contributed by atoms with Gasteiger partial charge in [-0.2, -0.15) is 5.21 Å². The van der Waals surface area contributed by atoms with Gasteiger partial charge in [0.2, 0.25) is 0 Å². The SMILES string of the molecule is Cc1[nH]cnc1Cc1nn[nH]n1. The molecule has 0 aliphatic heterocycles. The van der Waals surface area contributed by atoms with Crippen LogP contribution in [-0.2, 0) is 6.42 Å². The molecule has 2 aromatic heterocycles. The Bertz CT molecular complexity index is 348. The van der Waals surface area contributed by atoms with Gasteiger partial charge in [0, 0.05) is 5.69 Å². The van der Waals surface area contributed by atoms with Gasteiger partial charge < -0.3 is 4.98 Å². The molecule has 6 heteroatoms. The highest BCUT2D eigenvalue weighted by Gasteiger charge is 2.04. The molecule has 0 saturated heterocycles. The molecule has 6 nitrogen and oxygen atoms in total. The standard InChI is InChI=1S/C6H8N6/c1-4-5(8-3-7-4)2-6-9-11-12-10-6/h3H,2H2,1H3,(H,7,8)(H,9,10,11,12). The lowest BCUT2D eigenvalue weighted by molar-refractivity contribution is 0.881. The predicted octanol–water partition coefficient (Wildman–Crippen LogP) is -0.178. The monoisotopic (exact) mass is 164 g/mol. The van der Waals surface area contributed by atoms with Crippen molar-refractivity contribution in [2.24, 2.45) is 0 Å². The van der Waals surface area contributed by atoms with E-state index < -0.39 is 0 Å². The zero-order valence-corrected chi connectivity index (χ0v) is 6.57. The van der Waals surface area contributed by atoms with Gasteiger partial charge in [-0.15, -0.1) is 10.2 Å². The van der Waals surface area contributed by atoms with Gasteiger partial charge in [0.25, 0.3) is 0 Å². The molecule has 0 radical (unpaired) electrons. The molecule has 2 heterocycles. The highest BCUT2D eigenvalue weighted by Crippen LogP contribution is 2.04. The maximum atomic E-state index is 4.11. The summed E-state index contributed by atoms with van der Waals surface area (Å²) in [6.07, 6.45) is 2.27. The van der Waals surface area contributed by atoms with Gasteiger partial charge in [0.05, 0.1) is 18.4 Å². The van der Waals surface area contributed by atoms with Crippen LogP contribution < -0.4 is 0 Å². The quantitative estimate of drug-likeness (QED) is 0.645. The maximum absolute atomic E-state index is 4.11. The zero-order valence-electron chi connectivity index (χ0n) is 6.57. The molecule has 2 aromatic rings. The van der Waals surface area contributed by atoms with Gasteiger partial charge in [-0.25, -0.2) is 4.98 Å². The van der Waals surface area contributed by atoms with Crippen LogP contribution in [0.4, 0.5) is 0 Å². The van der Waals surface area contributed by atoms with E-state index in [-0.39, 0.29) is 0 Å². The van der Waals surface area contributed by atoms with Crippen LogP contribution in [0.15, 0.2) is 6.33 Å². The number of H-pyrrole nitrogens is 2. The largest absolute Gasteiger partial charge is 0.348 e. The lowest BCUT2D eigenvalue weighted by atomic mass is 10.2. The topological polar surface area (TPSA) is 83.1 Å². The first-order valence-electron chi connectivity index (χ1n) is 3.57. The summed E-state index contributed by atoms with van der Waals surface area (Å²) in [4.78, 5) is 7.10. The fourth-order valence-corrected chi connectivity index (χ4v) is 0.973. The van der Waals surface area contributed by atoms with Gasteiger partial charge in [-0.3, -0.25) is 0 Å². The Hall–Kier alpha value is -1.72. The normalized spacial score (nSPS) is 10.4. The van der Waals surface area contributed by atoms with E-state index >= 15 is 0 Å². The molecule has 62 valence electrons. The van der Waals surface area contributed by atoms with Crippen LogP contribution in [-0.4, -0.2) is 30.6 Å². The molecule has 12 heavy (non-hydrogen) atoms. The van der Waals surface area contributed by atoms with E-state index in [1.807, 2.05) is 6.92 Å². The third kappa shape index (κ3) is 1.18. The van der Waals surface area contributed by atoms with Crippen molar-refractivity contribution in [3.05, 3.63) is 23.5 Å². The average Bonchev–Trinajstić information content (AvgIpc) is 2.65. The average molecular weight is 164 g/mol. The fraction of sp³-hybridized carbons (Fsp3) is 0.333. The van der Waals surface area contributed by atoms with E-state index in [4.69, 9.17) is 0 Å². The summed E-state index contributed by atoms with van der Waals surface area (Å²) in [5.74, 6) is 0.658. The number of nitrogens with zero attached hydrogens (tertiary/aromatic N) is 4. The third-order valence-corrected chi connectivity index (χ3v) is 1.65. The molecule has 0 fully saturated rings. The molecule has 0 aromatic carbocycles. The molecule has 0 amide bonds. The smallest absolute Gasteiger partial charge is 0.180 e. The second kappa shape index (κ2) is 2.72. The van der Waals surface area contributed by atoms with E-state index in [0.717, 1.165) is 11.4 Å². The number of nitrogens with one attached hydrogen (secondary N) is 2. The van der Waals surface area contributed by atoms with Gasteiger partial charge in [-0.05, 0) is 6.92 Å². The summed E-state index contributed by atoms with van der Waals surface area (Å²) in [6, 6.07) is 0. The number of tetrazole rings is 1. The van der Waals surface area contributed by atoms with Crippen LogP contribution in [0.5, 0.6) is 0 Å². The van der Waals surface area contributed by atoms with Crippen LogP contribution in [0.2, 0.25) is 0 Å². The molecule has 0 aliphatic carbocycles. The lowest BCUT2D eigenvalue weighted by Crippen LogP contribution is -1.93. The summed E-state index contributed by atoms with van der Waals surface area (Å²) < 4.78 is 0. The Morgan fingerprint density at radius 3 is 3.00 bits per heavy atom. The van der Waals surface area contributed by atoms with E-state index in [2.05, 4.69) is 30.6 Å². The number of aryl methyl sites for hydroxylation is 1. The number of aromatic nitrogens is 6. The Balaban J connectivity index is 2.20. The summed E-state index contributed by atoms with van der Waals surface area (Å²) in [5.41, 5.74) is 2.00. The van der Waals surface area contributed by atoms with Crippen molar-refractivity contribution in [1.82, 2.24) is 30.6 Å². The van der Waals surface area contributed by atoms with Gasteiger partial charge >= 0.3 is 0 Å². The first-order chi connectivity index (χ1) is 5.86. The van der Waals surface area contributed by atoms with E-state index in [1.54, 1.807) is 6.33 Å². The molecular weight excluding hydrogens is 156 g/mol. The molecule has 0 aliphatic rings. The first-order valence-corrected chi connectivity index (χ1v) is 3.57. The Morgan fingerprint density at radius 2 is 2.42 bits per heavy atom. The minimum absolute atomic E-state index is 0.617. The minimum Gasteiger partial charge on any atom is -0.348 e. The molecule has 0 spiro atoms. The highest BCUT2D eigenvalue weighted by atomic mass is 15.5. The van der Waals surface area contributed by atoms with Crippen LogP contribution in [0.25, 0.3) is 0 Å². The van der Waals surface area contributed by atoms with Gasteiger partial charge in [0.1, 0.15) is 0 Å². The molecule has 2 N–H and O–H groups in total. The summed E-state index contributed by atoms with van der Waals surface area (Å²) in [5, 5.41) is 13.5. The zero-order chi connectivity index (χ0) is 8.39. The van der Waals surface area contributed by atoms with Gasteiger partial charge in [0.15, 0.2) is 5.82 Å². The van der Waals surface area contributed by atoms with E-state index in [0.29, 0.717) is 12.2 Å². The Kier molecular flexibility index (Phi) is 1.58. The third-order valence-electron chi connectivity index (χ3n) is 1.65. The fourth-order valence-electron chi connectivity index (χ4n) is 0.973. The predicted molar refractivity (Wildman–Crippen MR) is 40.3 cm³/mol. The molecule has 0 unspecified atom stereocenters. The summed E-state index contributed by atoms with van der Waals surface area (Å²) in [7, 11) is 0. The second-order valence-electron chi connectivity index (χ2n) is 2.48. The van der Waals surface area contributed by atoms with Crippen molar-refractivity contribution in [3.63, 3.8) is 0 Å². The Morgan fingerprint density at radius 1 is 1.50 bits per heavy atom. The van der Waals surface area contributed by atoms with Crippen molar-refractivity contribution in [2.75, 3.05) is 0 Å². The van der Waals surface area contributed by atoms with Crippen molar-refractivity contribution in [2.45, 2.75) is 13.3 Å². The summed E-state index contributed by atoms with van der Waals surface area (Å²) in [6.45, 7) is 1.96. The van der Waals surface area contributed by atoms with E-state index in [1.165, 1.54) is 0 Å². The maximum Gasteiger partial charge on any atom is 0.180 e. The first kappa shape index (κ1) is 6.96. The molecular formula is C6H8N6. The van der Waals surface area contributed by atoms with Crippen molar-refractivity contribution in [1.29, 1.82) is 0 Å². The van der Waals surface area contributed by atoms with Crippen LogP contribution in [0, 0.1) is 6.92 Å². The van der Waals surface area contributed by atoms with E-state index in [9.17, 15) is 0 Å². The number of hydrogen-bond acceptors (Lipinski definition) is 4. The van der Waals surface area contributed by atoms with Gasteiger partial charge in [-0.1, -0.05) is 5.21 Å². The van der Waals surface area contributed by atoms with Crippen molar-refractivity contribution >= 4 is 0 Å². The van der Waals surface area contributed by atoms with Crippen LogP contribution in [0.3, 0.4) is 0 Å². The number of aromatic amines is 2. The van der Waals surface area contributed by atoms with Crippen molar-refractivity contribution < 1.29 is 0 Å². The summed E-state index contributed by atoms with van der Waals surface area (Å²) >= 11 is 0. The molecule has 0 bridgehead atoms. The number of rotatable bonds is 2. The Labute approximate surface area is 68.4 Å². The molecule has 0 saturated carbocycles. The molecule has 2 rings (SSSR count). The number of hydrogen-bond donors (Lipinski definition) is 2. The van der Waals surface area contributed by atoms with Crippen molar-refractivity contribution in [3.8, 4) is 0 Å². The lowest BCUT2D eigenvalue weighted by Gasteiger charge is -1.90.